The largest absolute Gasteiger partial charge is 0.493 e. The number of hydrazone groups is 1. The van der Waals surface area contributed by atoms with Gasteiger partial charge < -0.3 is 4.74 Å². The van der Waals surface area contributed by atoms with Crippen molar-refractivity contribution in [1.29, 1.82) is 0 Å². The van der Waals surface area contributed by atoms with Crippen LogP contribution in [0.25, 0.3) is 10.8 Å². The average Bonchev–Trinajstić information content (AvgIpc) is 3.32. The fraction of sp³-hybridized carbons (Fsp3) is 0.250. The summed E-state index contributed by atoms with van der Waals surface area (Å²) < 4.78 is 33.1. The lowest BCUT2D eigenvalue weighted by atomic mass is 10.0. The number of fused-ring (bicyclic) bond motifs is 1. The van der Waals surface area contributed by atoms with Crippen LogP contribution in [0, 0.1) is 0 Å². The van der Waals surface area contributed by atoms with Crippen molar-refractivity contribution in [2.45, 2.75) is 30.7 Å². The zero-order chi connectivity index (χ0) is 23.4. The first kappa shape index (κ1) is 23.2. The first-order valence-corrected chi connectivity index (χ1v) is 12.5. The van der Waals surface area contributed by atoms with E-state index in [-0.39, 0.29) is 11.4 Å². The molecule has 0 aromatic heterocycles. The van der Waals surface area contributed by atoms with Gasteiger partial charge in [0, 0.05) is 17.1 Å². The van der Waals surface area contributed by atoms with Gasteiger partial charge in [0.1, 0.15) is 11.8 Å². The highest BCUT2D eigenvalue weighted by atomic mass is 35.5. The quantitative estimate of drug-likeness (QED) is 0.401. The average molecular weight is 486 g/mol. The summed E-state index contributed by atoms with van der Waals surface area (Å²) >= 11 is 5.88. The maximum absolute atomic E-state index is 13.1. The number of nitrogens with zero attached hydrogens (tertiary/aromatic N) is 2. The van der Waals surface area contributed by atoms with E-state index in [1.807, 2.05) is 43.3 Å². The van der Waals surface area contributed by atoms with E-state index < -0.39 is 22.0 Å². The van der Waals surface area contributed by atoms with E-state index in [0.717, 1.165) is 16.3 Å². The number of carbonyl (C=O) groups is 1. The van der Waals surface area contributed by atoms with Gasteiger partial charge in [0.05, 0.1) is 17.7 Å². The Morgan fingerprint density at radius 1 is 1.18 bits per heavy atom. The molecule has 33 heavy (non-hydrogen) atoms. The molecular weight excluding hydrogens is 462 g/mol. The van der Waals surface area contributed by atoms with Gasteiger partial charge in [-0.15, -0.1) is 0 Å². The lowest BCUT2D eigenvalue weighted by Crippen LogP contribution is -2.44. The van der Waals surface area contributed by atoms with E-state index in [9.17, 15) is 13.2 Å². The van der Waals surface area contributed by atoms with E-state index in [1.54, 1.807) is 0 Å². The molecule has 172 valence electrons. The van der Waals surface area contributed by atoms with Crippen molar-refractivity contribution >= 4 is 44.5 Å². The molecule has 1 saturated heterocycles. The first-order chi connectivity index (χ1) is 15.9. The number of halogens is 1. The number of ether oxygens (including phenoxy) is 1. The van der Waals surface area contributed by atoms with Crippen LogP contribution in [0.3, 0.4) is 0 Å². The van der Waals surface area contributed by atoms with Crippen LogP contribution in [0.2, 0.25) is 5.02 Å². The van der Waals surface area contributed by atoms with Crippen LogP contribution in [-0.4, -0.2) is 44.0 Å². The third-order valence-electron chi connectivity index (χ3n) is 5.53. The zero-order valence-corrected chi connectivity index (χ0v) is 19.6. The van der Waals surface area contributed by atoms with E-state index in [1.165, 1.54) is 34.8 Å². The standard InChI is InChI=1S/C24H24ClN3O4S/c1-2-32-23-14-9-17-6-3-4-7-20(17)21(23)16-26-27-24(29)22-8-5-15-28(22)33(30,31)19-12-10-18(25)11-13-19/h3-4,6-7,9-14,16,22H,2,5,8,15H2,1H3,(H,27,29)/b26-16-/t22-/m1/s1. The van der Waals surface area contributed by atoms with Crippen molar-refractivity contribution in [3.05, 3.63) is 71.2 Å². The number of carbonyl (C=O) groups excluding carboxylic acids is 1. The van der Waals surface area contributed by atoms with Gasteiger partial charge in [-0.1, -0.05) is 41.9 Å². The normalized spacial score (nSPS) is 17.0. The Kier molecular flexibility index (Phi) is 6.97. The maximum Gasteiger partial charge on any atom is 0.258 e. The predicted octanol–water partition coefficient (Wildman–Crippen LogP) is 4.20. The number of rotatable bonds is 7. The summed E-state index contributed by atoms with van der Waals surface area (Å²) in [6.07, 6.45) is 2.55. The minimum atomic E-state index is -3.83. The number of sulfonamides is 1. The molecule has 0 saturated carbocycles. The lowest BCUT2D eigenvalue weighted by molar-refractivity contribution is -0.124. The Balaban J connectivity index is 1.54. The molecule has 1 amide bonds. The molecule has 1 atom stereocenters. The second-order valence-corrected chi connectivity index (χ2v) is 9.92. The highest BCUT2D eigenvalue weighted by Gasteiger charge is 2.39. The fourth-order valence-corrected chi connectivity index (χ4v) is 5.74. The van der Waals surface area contributed by atoms with Crippen LogP contribution >= 0.6 is 11.6 Å². The Bertz CT molecular complexity index is 1290. The van der Waals surface area contributed by atoms with Gasteiger partial charge in [-0.05, 0) is 60.9 Å². The summed E-state index contributed by atoms with van der Waals surface area (Å²) in [5.74, 6) is 0.182. The van der Waals surface area contributed by atoms with Gasteiger partial charge >= 0.3 is 0 Å². The summed E-state index contributed by atoms with van der Waals surface area (Å²) in [5.41, 5.74) is 3.26. The topological polar surface area (TPSA) is 88.1 Å². The number of hydrogen-bond acceptors (Lipinski definition) is 5. The molecule has 4 rings (SSSR count). The van der Waals surface area contributed by atoms with Gasteiger partial charge in [0.15, 0.2) is 0 Å². The summed E-state index contributed by atoms with van der Waals surface area (Å²) in [4.78, 5) is 13.0. The highest BCUT2D eigenvalue weighted by molar-refractivity contribution is 7.89. The molecule has 7 nitrogen and oxygen atoms in total. The van der Waals surface area contributed by atoms with Gasteiger partial charge in [-0.25, -0.2) is 13.8 Å². The second kappa shape index (κ2) is 9.91. The van der Waals surface area contributed by atoms with Crippen LogP contribution in [0.4, 0.5) is 0 Å². The molecule has 3 aromatic rings. The minimum absolute atomic E-state index is 0.104. The van der Waals surface area contributed by atoms with Gasteiger partial charge in [0.25, 0.3) is 5.91 Å². The van der Waals surface area contributed by atoms with Crippen LogP contribution in [0.5, 0.6) is 5.75 Å². The number of benzene rings is 3. The smallest absolute Gasteiger partial charge is 0.258 e. The molecule has 1 aliphatic rings. The Morgan fingerprint density at radius 2 is 1.94 bits per heavy atom. The van der Waals surface area contributed by atoms with E-state index in [0.29, 0.717) is 30.2 Å². The summed E-state index contributed by atoms with van der Waals surface area (Å²) in [5, 5.41) is 6.54. The fourth-order valence-electron chi connectivity index (χ4n) is 3.96. The molecule has 9 heteroatoms. The number of hydrogen-bond donors (Lipinski definition) is 1. The molecule has 0 unspecified atom stereocenters. The summed E-state index contributed by atoms with van der Waals surface area (Å²) in [6, 6.07) is 16.7. The van der Waals surface area contributed by atoms with Crippen molar-refractivity contribution in [3.63, 3.8) is 0 Å². The molecule has 3 aromatic carbocycles. The van der Waals surface area contributed by atoms with Crippen molar-refractivity contribution in [2.75, 3.05) is 13.2 Å². The SMILES string of the molecule is CCOc1ccc2ccccc2c1/C=N\NC(=O)[C@H]1CCCN1S(=O)(=O)c1ccc(Cl)cc1. The minimum Gasteiger partial charge on any atom is -0.493 e. The molecule has 0 bridgehead atoms. The van der Waals surface area contributed by atoms with Crippen LogP contribution in [0.1, 0.15) is 25.3 Å². The Morgan fingerprint density at radius 3 is 2.70 bits per heavy atom. The van der Waals surface area contributed by atoms with Gasteiger partial charge in [0.2, 0.25) is 10.0 Å². The van der Waals surface area contributed by atoms with E-state index in [4.69, 9.17) is 16.3 Å². The van der Waals surface area contributed by atoms with Crippen molar-refractivity contribution < 1.29 is 17.9 Å². The maximum atomic E-state index is 13.1. The Hall–Kier alpha value is -2.94. The third-order valence-corrected chi connectivity index (χ3v) is 7.70. The van der Waals surface area contributed by atoms with Crippen LogP contribution < -0.4 is 10.2 Å². The highest BCUT2D eigenvalue weighted by Crippen LogP contribution is 2.28. The molecule has 0 spiro atoms. The van der Waals surface area contributed by atoms with Gasteiger partial charge in [-0.3, -0.25) is 4.79 Å². The van der Waals surface area contributed by atoms with Crippen molar-refractivity contribution in [3.8, 4) is 5.75 Å². The van der Waals surface area contributed by atoms with Crippen LogP contribution in [-0.2, 0) is 14.8 Å². The zero-order valence-electron chi connectivity index (χ0n) is 18.1. The molecule has 1 N–H and O–H groups in total. The summed E-state index contributed by atoms with van der Waals surface area (Å²) in [6.45, 7) is 2.66. The van der Waals surface area contributed by atoms with Crippen molar-refractivity contribution in [2.24, 2.45) is 5.10 Å². The summed E-state index contributed by atoms with van der Waals surface area (Å²) in [7, 11) is -3.83. The van der Waals surface area contributed by atoms with Crippen molar-refractivity contribution in [1.82, 2.24) is 9.73 Å². The monoisotopic (exact) mass is 485 g/mol. The molecule has 0 radical (unpaired) electrons. The number of amides is 1. The molecular formula is C24H24ClN3O4S. The first-order valence-electron chi connectivity index (χ1n) is 10.7. The molecule has 1 heterocycles. The second-order valence-electron chi connectivity index (χ2n) is 7.59. The number of nitrogens with one attached hydrogen (secondary N) is 1. The van der Waals surface area contributed by atoms with Gasteiger partial charge in [-0.2, -0.15) is 9.41 Å². The third kappa shape index (κ3) is 4.88. The van der Waals surface area contributed by atoms with E-state index >= 15 is 0 Å². The van der Waals surface area contributed by atoms with Crippen LogP contribution in [0.15, 0.2) is 70.7 Å². The van der Waals surface area contributed by atoms with E-state index in [2.05, 4.69) is 10.5 Å². The molecule has 1 aliphatic heterocycles. The molecule has 0 aliphatic carbocycles. The Labute approximate surface area is 198 Å². The predicted molar refractivity (Wildman–Crippen MR) is 129 cm³/mol. The lowest BCUT2D eigenvalue weighted by Gasteiger charge is -2.22. The molecule has 1 fully saturated rings.